The van der Waals surface area contributed by atoms with E-state index in [9.17, 15) is 0 Å². The maximum absolute atomic E-state index is 5.24. The topological polar surface area (TPSA) is 12.5 Å². The second-order valence-corrected chi connectivity index (χ2v) is 4.18. The molecule has 2 saturated heterocycles. The first-order chi connectivity index (χ1) is 6.38. The highest BCUT2D eigenvalue weighted by Gasteiger charge is 2.48. The minimum absolute atomic E-state index is 0.524. The molecule has 1 aromatic carbocycles. The average molecular weight is 175 g/mol. The normalized spacial score (nSPS) is 23.8. The van der Waals surface area contributed by atoms with Crippen LogP contribution in [0.15, 0.2) is 30.3 Å². The molecule has 0 aliphatic carbocycles. The van der Waals surface area contributed by atoms with E-state index in [1.54, 1.807) is 0 Å². The highest BCUT2D eigenvalue weighted by Crippen LogP contribution is 2.39. The lowest BCUT2D eigenvalue weighted by Crippen LogP contribution is -2.66. The van der Waals surface area contributed by atoms with Gasteiger partial charge in [0.15, 0.2) is 0 Å². The molecule has 0 amide bonds. The van der Waals surface area contributed by atoms with Gasteiger partial charge in [-0.25, -0.2) is 0 Å². The number of anilines is 1. The number of para-hydroxylation sites is 1. The monoisotopic (exact) mass is 175 g/mol. The van der Waals surface area contributed by atoms with Crippen LogP contribution >= 0.6 is 0 Å². The predicted molar refractivity (Wildman–Crippen MR) is 51.9 cm³/mol. The maximum atomic E-state index is 5.24. The Balaban J connectivity index is 1.71. The lowest BCUT2D eigenvalue weighted by molar-refractivity contribution is -0.127. The van der Waals surface area contributed by atoms with E-state index >= 15 is 0 Å². The Morgan fingerprint density at radius 3 is 2.31 bits per heavy atom. The standard InChI is InChI=1S/C11H13NO/c1-2-4-10(5-3-1)12-6-11(7-12)8-13-9-11/h1-5H,6-9H2. The van der Waals surface area contributed by atoms with Gasteiger partial charge in [-0.15, -0.1) is 0 Å². The Bertz CT molecular complexity index is 297. The molecule has 2 nitrogen and oxygen atoms in total. The summed E-state index contributed by atoms with van der Waals surface area (Å²) < 4.78 is 5.24. The van der Waals surface area contributed by atoms with E-state index in [-0.39, 0.29) is 0 Å². The van der Waals surface area contributed by atoms with Crippen molar-refractivity contribution in [3.05, 3.63) is 30.3 Å². The second-order valence-electron chi connectivity index (χ2n) is 4.18. The quantitative estimate of drug-likeness (QED) is 0.641. The SMILES string of the molecule is c1ccc(N2CC3(COC3)C2)cc1. The van der Waals surface area contributed by atoms with Crippen molar-refractivity contribution in [1.29, 1.82) is 0 Å². The molecule has 2 fully saturated rings. The first-order valence-corrected chi connectivity index (χ1v) is 4.76. The second kappa shape index (κ2) is 2.48. The lowest BCUT2D eigenvalue weighted by Gasteiger charge is -2.56. The van der Waals surface area contributed by atoms with Crippen LogP contribution in [-0.4, -0.2) is 26.3 Å². The fraction of sp³-hybridized carbons (Fsp3) is 0.455. The smallest absolute Gasteiger partial charge is 0.0579 e. The van der Waals surface area contributed by atoms with Crippen LogP contribution in [0, 0.1) is 5.41 Å². The molecule has 2 heteroatoms. The zero-order chi connectivity index (χ0) is 8.73. The van der Waals surface area contributed by atoms with Crippen LogP contribution in [0.25, 0.3) is 0 Å². The van der Waals surface area contributed by atoms with Gasteiger partial charge in [0.1, 0.15) is 0 Å². The Labute approximate surface area is 78.1 Å². The van der Waals surface area contributed by atoms with Gasteiger partial charge in [-0.3, -0.25) is 0 Å². The summed E-state index contributed by atoms with van der Waals surface area (Å²) in [6.07, 6.45) is 0. The molecule has 0 saturated carbocycles. The molecule has 68 valence electrons. The summed E-state index contributed by atoms with van der Waals surface area (Å²) >= 11 is 0. The molecule has 0 aromatic heterocycles. The molecule has 0 unspecified atom stereocenters. The highest BCUT2D eigenvalue weighted by atomic mass is 16.5. The van der Waals surface area contributed by atoms with Crippen molar-refractivity contribution in [2.75, 3.05) is 31.2 Å². The third-order valence-electron chi connectivity index (χ3n) is 2.99. The van der Waals surface area contributed by atoms with E-state index in [4.69, 9.17) is 4.74 Å². The van der Waals surface area contributed by atoms with Crippen LogP contribution in [-0.2, 0) is 4.74 Å². The van der Waals surface area contributed by atoms with Gasteiger partial charge >= 0.3 is 0 Å². The molecular formula is C11H13NO. The molecule has 2 aliphatic rings. The number of benzene rings is 1. The van der Waals surface area contributed by atoms with Gasteiger partial charge in [0.05, 0.1) is 18.6 Å². The van der Waals surface area contributed by atoms with E-state index in [2.05, 4.69) is 35.2 Å². The summed E-state index contributed by atoms with van der Waals surface area (Å²) in [5.74, 6) is 0. The van der Waals surface area contributed by atoms with Gasteiger partial charge in [0, 0.05) is 18.8 Å². The van der Waals surface area contributed by atoms with Crippen molar-refractivity contribution in [2.24, 2.45) is 5.41 Å². The first kappa shape index (κ1) is 7.39. The summed E-state index contributed by atoms with van der Waals surface area (Å²) in [4.78, 5) is 2.42. The Hall–Kier alpha value is -1.02. The summed E-state index contributed by atoms with van der Waals surface area (Å²) in [6.45, 7) is 4.29. The molecule has 0 bridgehead atoms. The largest absolute Gasteiger partial charge is 0.380 e. The first-order valence-electron chi connectivity index (χ1n) is 4.76. The summed E-state index contributed by atoms with van der Waals surface area (Å²) in [7, 11) is 0. The van der Waals surface area contributed by atoms with Gasteiger partial charge in [-0.2, -0.15) is 0 Å². The zero-order valence-corrected chi connectivity index (χ0v) is 7.57. The molecule has 1 aromatic rings. The minimum atomic E-state index is 0.524. The van der Waals surface area contributed by atoms with Gasteiger partial charge < -0.3 is 9.64 Å². The van der Waals surface area contributed by atoms with Gasteiger partial charge in [-0.1, -0.05) is 18.2 Å². The van der Waals surface area contributed by atoms with Crippen molar-refractivity contribution in [3.8, 4) is 0 Å². The van der Waals surface area contributed by atoms with Crippen LogP contribution in [0.3, 0.4) is 0 Å². The molecule has 0 radical (unpaired) electrons. The maximum Gasteiger partial charge on any atom is 0.0579 e. The number of hydrogen-bond acceptors (Lipinski definition) is 2. The molecule has 0 atom stereocenters. The number of nitrogens with zero attached hydrogens (tertiary/aromatic N) is 1. The van der Waals surface area contributed by atoms with Crippen LogP contribution < -0.4 is 4.90 Å². The summed E-state index contributed by atoms with van der Waals surface area (Å²) in [5.41, 5.74) is 1.87. The Kier molecular flexibility index (Phi) is 1.41. The van der Waals surface area contributed by atoms with Crippen molar-refractivity contribution in [2.45, 2.75) is 0 Å². The van der Waals surface area contributed by atoms with Crippen molar-refractivity contribution in [1.82, 2.24) is 0 Å². The fourth-order valence-electron chi connectivity index (χ4n) is 2.16. The van der Waals surface area contributed by atoms with E-state index in [0.717, 1.165) is 13.2 Å². The molecule has 0 N–H and O–H groups in total. The third-order valence-corrected chi connectivity index (χ3v) is 2.99. The van der Waals surface area contributed by atoms with Crippen LogP contribution in [0.2, 0.25) is 0 Å². The molecule has 1 spiro atoms. The van der Waals surface area contributed by atoms with Gasteiger partial charge in [-0.05, 0) is 12.1 Å². The van der Waals surface area contributed by atoms with Crippen LogP contribution in [0.4, 0.5) is 5.69 Å². The summed E-state index contributed by atoms with van der Waals surface area (Å²) in [6, 6.07) is 10.6. The van der Waals surface area contributed by atoms with Crippen molar-refractivity contribution in [3.63, 3.8) is 0 Å². The Morgan fingerprint density at radius 1 is 1.08 bits per heavy atom. The number of ether oxygens (including phenoxy) is 1. The fourth-order valence-corrected chi connectivity index (χ4v) is 2.16. The molecule has 2 aliphatic heterocycles. The van der Waals surface area contributed by atoms with Crippen molar-refractivity contribution < 1.29 is 4.74 Å². The summed E-state index contributed by atoms with van der Waals surface area (Å²) in [5, 5.41) is 0. The van der Waals surface area contributed by atoms with E-state index in [1.165, 1.54) is 18.8 Å². The zero-order valence-electron chi connectivity index (χ0n) is 7.57. The predicted octanol–water partition coefficient (Wildman–Crippen LogP) is 1.52. The van der Waals surface area contributed by atoms with Crippen LogP contribution in [0.5, 0.6) is 0 Å². The van der Waals surface area contributed by atoms with E-state index in [0.29, 0.717) is 5.41 Å². The third kappa shape index (κ3) is 1.05. The van der Waals surface area contributed by atoms with Gasteiger partial charge in [0.25, 0.3) is 0 Å². The number of hydrogen-bond donors (Lipinski definition) is 0. The van der Waals surface area contributed by atoms with Crippen molar-refractivity contribution >= 4 is 5.69 Å². The average Bonchev–Trinajstić information content (AvgIpc) is 2.01. The molecular weight excluding hydrogens is 162 g/mol. The van der Waals surface area contributed by atoms with E-state index < -0.39 is 0 Å². The Morgan fingerprint density at radius 2 is 1.77 bits per heavy atom. The van der Waals surface area contributed by atoms with E-state index in [1.807, 2.05) is 0 Å². The number of rotatable bonds is 1. The van der Waals surface area contributed by atoms with Crippen LogP contribution in [0.1, 0.15) is 0 Å². The molecule has 13 heavy (non-hydrogen) atoms. The highest BCUT2D eigenvalue weighted by molar-refractivity contribution is 5.49. The van der Waals surface area contributed by atoms with Gasteiger partial charge in [0.2, 0.25) is 0 Å². The molecule has 2 heterocycles. The minimum Gasteiger partial charge on any atom is -0.380 e. The molecule has 3 rings (SSSR count). The lowest BCUT2D eigenvalue weighted by atomic mass is 9.78.